The Kier molecular flexibility index (Phi) is 3.22. The number of rotatable bonds is 2. The highest BCUT2D eigenvalue weighted by Crippen LogP contribution is 2.29. The topological polar surface area (TPSA) is 46.3 Å². The Labute approximate surface area is 119 Å². The Morgan fingerprint density at radius 3 is 2.70 bits per heavy atom. The van der Waals surface area contributed by atoms with E-state index < -0.39 is 0 Å². The molecule has 2 N–H and O–H groups in total. The van der Waals surface area contributed by atoms with Crippen LogP contribution in [0, 0.1) is 5.41 Å². The number of benzene rings is 2. The molecule has 1 amide bonds. The second-order valence-electron chi connectivity index (χ2n) is 6.05. The van der Waals surface area contributed by atoms with E-state index in [9.17, 15) is 4.79 Å². The zero-order chi connectivity index (χ0) is 14.2. The van der Waals surface area contributed by atoms with E-state index in [0.29, 0.717) is 6.54 Å². The summed E-state index contributed by atoms with van der Waals surface area (Å²) in [6.07, 6.45) is 0.989. The Bertz CT molecular complexity index is 652. The first-order valence-corrected chi connectivity index (χ1v) is 7.09. The number of carbonyl (C=O) groups excluding carboxylic acids is 1. The lowest BCUT2D eigenvalue weighted by Crippen LogP contribution is -2.34. The van der Waals surface area contributed by atoms with Crippen molar-refractivity contribution in [1.29, 1.82) is 0 Å². The maximum Gasteiger partial charge on any atom is 0.253 e. The van der Waals surface area contributed by atoms with Gasteiger partial charge in [0.25, 0.3) is 5.91 Å². The maximum absolute atomic E-state index is 12.6. The minimum Gasteiger partial charge on any atom is -0.338 e. The molecular formula is C17H20N2O. The molecule has 0 aliphatic carbocycles. The monoisotopic (exact) mass is 268 g/mol. The lowest BCUT2D eigenvalue weighted by atomic mass is 9.90. The average molecular weight is 268 g/mol. The molecule has 1 aliphatic heterocycles. The third-order valence-corrected chi connectivity index (χ3v) is 4.33. The molecule has 2 aromatic carbocycles. The van der Waals surface area contributed by atoms with Crippen molar-refractivity contribution in [2.24, 2.45) is 11.1 Å². The quantitative estimate of drug-likeness (QED) is 0.910. The van der Waals surface area contributed by atoms with Gasteiger partial charge in [0.15, 0.2) is 0 Å². The van der Waals surface area contributed by atoms with Gasteiger partial charge in [-0.15, -0.1) is 0 Å². The molecule has 0 bridgehead atoms. The zero-order valence-corrected chi connectivity index (χ0v) is 11.8. The molecule has 0 aromatic heterocycles. The fraction of sp³-hybridized carbons (Fsp3) is 0.353. The fourth-order valence-electron chi connectivity index (χ4n) is 2.87. The van der Waals surface area contributed by atoms with E-state index in [4.69, 9.17) is 5.73 Å². The van der Waals surface area contributed by atoms with Crippen LogP contribution < -0.4 is 5.73 Å². The number of hydrogen-bond donors (Lipinski definition) is 1. The SMILES string of the molecule is CC1(CN)CCN(C(=O)c2ccc3ccccc3c2)C1. The van der Waals surface area contributed by atoms with Gasteiger partial charge in [0.1, 0.15) is 0 Å². The number of nitrogens with two attached hydrogens (primary N) is 1. The molecule has 1 fully saturated rings. The first kappa shape index (κ1) is 13.1. The van der Waals surface area contributed by atoms with Gasteiger partial charge in [-0.25, -0.2) is 0 Å². The summed E-state index contributed by atoms with van der Waals surface area (Å²) in [5.41, 5.74) is 6.65. The number of likely N-dealkylation sites (tertiary alicyclic amines) is 1. The number of hydrogen-bond acceptors (Lipinski definition) is 2. The lowest BCUT2D eigenvalue weighted by molar-refractivity contribution is 0.0777. The molecule has 3 nitrogen and oxygen atoms in total. The summed E-state index contributed by atoms with van der Waals surface area (Å²) < 4.78 is 0. The van der Waals surface area contributed by atoms with Crippen LogP contribution in [0.4, 0.5) is 0 Å². The van der Waals surface area contributed by atoms with Gasteiger partial charge in [-0.3, -0.25) is 4.79 Å². The summed E-state index contributed by atoms with van der Waals surface area (Å²) in [5, 5.41) is 2.27. The Balaban J connectivity index is 1.86. The second kappa shape index (κ2) is 4.91. The van der Waals surface area contributed by atoms with Crippen molar-refractivity contribution >= 4 is 16.7 Å². The minimum absolute atomic E-state index is 0.0759. The van der Waals surface area contributed by atoms with Crippen molar-refractivity contribution in [1.82, 2.24) is 4.90 Å². The van der Waals surface area contributed by atoms with Crippen LogP contribution in [-0.2, 0) is 0 Å². The molecule has 0 spiro atoms. The largest absolute Gasteiger partial charge is 0.338 e. The highest BCUT2D eigenvalue weighted by atomic mass is 16.2. The molecular weight excluding hydrogens is 248 g/mol. The summed E-state index contributed by atoms with van der Waals surface area (Å²) >= 11 is 0. The Morgan fingerprint density at radius 1 is 1.25 bits per heavy atom. The molecule has 20 heavy (non-hydrogen) atoms. The van der Waals surface area contributed by atoms with Crippen LogP contribution in [0.5, 0.6) is 0 Å². The normalized spacial score (nSPS) is 22.4. The smallest absolute Gasteiger partial charge is 0.253 e. The molecule has 1 unspecified atom stereocenters. The van der Waals surface area contributed by atoms with E-state index in [1.54, 1.807) is 0 Å². The molecule has 2 aromatic rings. The van der Waals surface area contributed by atoms with Crippen molar-refractivity contribution in [2.45, 2.75) is 13.3 Å². The Morgan fingerprint density at radius 2 is 2.00 bits per heavy atom. The van der Waals surface area contributed by atoms with Gasteiger partial charge in [0, 0.05) is 18.7 Å². The number of fused-ring (bicyclic) bond motifs is 1. The first-order valence-electron chi connectivity index (χ1n) is 7.09. The standard InChI is InChI=1S/C17H20N2O/c1-17(11-18)8-9-19(12-17)16(20)15-7-6-13-4-2-3-5-14(13)10-15/h2-7,10H,8-9,11-12,18H2,1H3. The van der Waals surface area contributed by atoms with Crippen molar-refractivity contribution in [3.63, 3.8) is 0 Å². The van der Waals surface area contributed by atoms with Crippen LogP contribution in [0.2, 0.25) is 0 Å². The van der Waals surface area contributed by atoms with Gasteiger partial charge in [0.05, 0.1) is 0 Å². The highest BCUT2D eigenvalue weighted by molar-refractivity contribution is 5.98. The van der Waals surface area contributed by atoms with E-state index in [-0.39, 0.29) is 11.3 Å². The van der Waals surface area contributed by atoms with E-state index >= 15 is 0 Å². The van der Waals surface area contributed by atoms with Gasteiger partial charge >= 0.3 is 0 Å². The van der Waals surface area contributed by atoms with Crippen LogP contribution in [0.15, 0.2) is 42.5 Å². The average Bonchev–Trinajstić information content (AvgIpc) is 2.89. The van der Waals surface area contributed by atoms with E-state index in [2.05, 4.69) is 13.0 Å². The summed E-state index contributed by atoms with van der Waals surface area (Å²) in [7, 11) is 0. The molecule has 1 heterocycles. The molecule has 3 heteroatoms. The summed E-state index contributed by atoms with van der Waals surface area (Å²) in [6.45, 7) is 4.35. The summed E-state index contributed by atoms with van der Waals surface area (Å²) in [4.78, 5) is 14.5. The van der Waals surface area contributed by atoms with Crippen molar-refractivity contribution in [3.05, 3.63) is 48.0 Å². The van der Waals surface area contributed by atoms with Crippen LogP contribution >= 0.6 is 0 Å². The van der Waals surface area contributed by atoms with E-state index in [1.807, 2.05) is 41.3 Å². The highest BCUT2D eigenvalue weighted by Gasteiger charge is 2.35. The Hall–Kier alpha value is -1.87. The third kappa shape index (κ3) is 2.29. The summed E-state index contributed by atoms with van der Waals surface area (Å²) in [5.74, 6) is 0.118. The first-order chi connectivity index (χ1) is 9.61. The predicted molar refractivity (Wildman–Crippen MR) is 81.6 cm³/mol. The summed E-state index contributed by atoms with van der Waals surface area (Å²) in [6, 6.07) is 14.0. The van der Waals surface area contributed by atoms with Gasteiger partial charge in [-0.05, 0) is 41.3 Å². The van der Waals surface area contributed by atoms with Crippen LogP contribution in [0.3, 0.4) is 0 Å². The number of amides is 1. The van der Waals surface area contributed by atoms with Crippen LogP contribution in [-0.4, -0.2) is 30.4 Å². The van der Waals surface area contributed by atoms with Gasteiger partial charge < -0.3 is 10.6 Å². The molecule has 1 atom stereocenters. The molecule has 1 saturated heterocycles. The molecule has 0 saturated carbocycles. The molecule has 104 valence electrons. The van der Waals surface area contributed by atoms with Crippen LogP contribution in [0.25, 0.3) is 10.8 Å². The second-order valence-corrected chi connectivity index (χ2v) is 6.05. The van der Waals surface area contributed by atoms with E-state index in [1.165, 1.54) is 0 Å². The minimum atomic E-state index is 0.0759. The lowest BCUT2D eigenvalue weighted by Gasteiger charge is -2.22. The molecule has 1 aliphatic rings. The van der Waals surface area contributed by atoms with Gasteiger partial charge in [-0.2, -0.15) is 0 Å². The van der Waals surface area contributed by atoms with Crippen molar-refractivity contribution in [2.75, 3.05) is 19.6 Å². The van der Waals surface area contributed by atoms with Crippen molar-refractivity contribution < 1.29 is 4.79 Å². The third-order valence-electron chi connectivity index (χ3n) is 4.33. The number of nitrogens with zero attached hydrogens (tertiary/aromatic N) is 1. The predicted octanol–water partition coefficient (Wildman–Crippen LogP) is 2.65. The fourth-order valence-corrected chi connectivity index (χ4v) is 2.87. The number of carbonyl (C=O) groups is 1. The maximum atomic E-state index is 12.6. The molecule has 3 rings (SSSR count). The van der Waals surface area contributed by atoms with Crippen LogP contribution in [0.1, 0.15) is 23.7 Å². The van der Waals surface area contributed by atoms with E-state index in [0.717, 1.165) is 35.8 Å². The van der Waals surface area contributed by atoms with Gasteiger partial charge in [-0.1, -0.05) is 37.3 Å². The zero-order valence-electron chi connectivity index (χ0n) is 11.8. The molecule has 0 radical (unpaired) electrons. The van der Waals surface area contributed by atoms with Crippen molar-refractivity contribution in [3.8, 4) is 0 Å². The van der Waals surface area contributed by atoms with Gasteiger partial charge in [0.2, 0.25) is 0 Å².